The second kappa shape index (κ2) is 3.76. The highest BCUT2D eigenvalue weighted by Crippen LogP contribution is 2.21. The molecule has 1 heterocycles. The molecule has 62 valence electrons. The third kappa shape index (κ3) is 1.56. The van der Waals surface area contributed by atoms with Crippen molar-refractivity contribution in [3.8, 4) is 0 Å². The summed E-state index contributed by atoms with van der Waals surface area (Å²) in [7, 11) is 0. The summed E-state index contributed by atoms with van der Waals surface area (Å²) in [6.45, 7) is 7.40. The third-order valence-electron chi connectivity index (χ3n) is 1.70. The van der Waals surface area contributed by atoms with Crippen LogP contribution in [0.15, 0.2) is 23.6 Å². The second-order valence-corrected chi connectivity index (χ2v) is 2.39. The minimum atomic E-state index is 0.639. The summed E-state index contributed by atoms with van der Waals surface area (Å²) in [4.78, 5) is 11.7. The van der Waals surface area contributed by atoms with Crippen LogP contribution in [-0.4, -0.2) is 16.7 Å². The summed E-state index contributed by atoms with van der Waals surface area (Å²) in [5.74, 6) is 0.639. The molecular weight excluding hydrogens is 150 g/mol. The molecule has 0 atom stereocenters. The van der Waals surface area contributed by atoms with Crippen LogP contribution < -0.4 is 0 Å². The lowest BCUT2D eigenvalue weighted by molar-refractivity contribution is 1.14. The zero-order chi connectivity index (χ0) is 8.97. The van der Waals surface area contributed by atoms with Gasteiger partial charge in [-0.15, -0.1) is 0 Å². The Kier molecular flexibility index (Phi) is 2.69. The lowest BCUT2D eigenvalue weighted by atomic mass is 10.1. The molecule has 3 nitrogen and oxygen atoms in total. The monoisotopic (exact) mass is 161 g/mol. The number of hydrogen-bond donors (Lipinski definition) is 0. The normalized spacial score (nSPS) is 11.3. The van der Waals surface area contributed by atoms with Crippen LogP contribution in [0.4, 0.5) is 5.82 Å². The van der Waals surface area contributed by atoms with Crippen LogP contribution in [-0.2, 0) is 0 Å². The SMILES string of the molecule is C=Nc1ncncc1/C(C)=C\C. The molecule has 0 N–H and O–H groups in total. The first-order valence-corrected chi connectivity index (χ1v) is 3.69. The zero-order valence-corrected chi connectivity index (χ0v) is 7.28. The van der Waals surface area contributed by atoms with E-state index in [0.717, 1.165) is 11.1 Å². The molecule has 1 aromatic rings. The lowest BCUT2D eigenvalue weighted by Crippen LogP contribution is -1.85. The van der Waals surface area contributed by atoms with Crippen LogP contribution >= 0.6 is 0 Å². The highest BCUT2D eigenvalue weighted by Gasteiger charge is 2.01. The van der Waals surface area contributed by atoms with Crippen LogP contribution in [0.1, 0.15) is 19.4 Å². The van der Waals surface area contributed by atoms with Gasteiger partial charge in [0.25, 0.3) is 0 Å². The lowest BCUT2D eigenvalue weighted by Gasteiger charge is -2.01. The van der Waals surface area contributed by atoms with Gasteiger partial charge in [0.2, 0.25) is 0 Å². The van der Waals surface area contributed by atoms with Crippen molar-refractivity contribution >= 4 is 18.1 Å². The number of rotatable bonds is 2. The Balaban J connectivity index is 3.22. The van der Waals surface area contributed by atoms with Gasteiger partial charge in [0.05, 0.1) is 0 Å². The fraction of sp³-hybridized carbons (Fsp3) is 0.222. The Labute approximate surface area is 71.9 Å². The largest absolute Gasteiger partial charge is 0.244 e. The highest BCUT2D eigenvalue weighted by atomic mass is 14.9. The van der Waals surface area contributed by atoms with Crippen molar-refractivity contribution < 1.29 is 0 Å². The first kappa shape index (κ1) is 8.59. The van der Waals surface area contributed by atoms with Gasteiger partial charge in [0, 0.05) is 11.8 Å². The molecule has 0 saturated carbocycles. The highest BCUT2D eigenvalue weighted by molar-refractivity contribution is 5.71. The first-order chi connectivity index (χ1) is 5.79. The molecule has 1 aromatic heterocycles. The fourth-order valence-electron chi connectivity index (χ4n) is 0.883. The molecule has 0 saturated heterocycles. The molecule has 0 unspecified atom stereocenters. The van der Waals surface area contributed by atoms with Crippen LogP contribution in [0, 0.1) is 0 Å². The summed E-state index contributed by atoms with van der Waals surface area (Å²) in [6.07, 6.45) is 5.20. The van der Waals surface area contributed by atoms with Crippen LogP contribution in [0.25, 0.3) is 5.57 Å². The van der Waals surface area contributed by atoms with Crippen LogP contribution in [0.2, 0.25) is 0 Å². The van der Waals surface area contributed by atoms with Gasteiger partial charge in [-0.3, -0.25) is 0 Å². The summed E-state index contributed by atoms with van der Waals surface area (Å²) in [5, 5.41) is 0. The van der Waals surface area contributed by atoms with Crippen molar-refractivity contribution in [1.29, 1.82) is 0 Å². The number of nitrogens with zero attached hydrogens (tertiary/aromatic N) is 3. The molecule has 0 aromatic carbocycles. The number of allylic oxidation sites excluding steroid dienone is 2. The van der Waals surface area contributed by atoms with Gasteiger partial charge in [-0.2, -0.15) is 0 Å². The zero-order valence-electron chi connectivity index (χ0n) is 7.28. The molecule has 1 rings (SSSR count). The average Bonchev–Trinajstić information content (AvgIpc) is 2.16. The Morgan fingerprint density at radius 1 is 1.67 bits per heavy atom. The van der Waals surface area contributed by atoms with Crippen molar-refractivity contribution in [3.63, 3.8) is 0 Å². The van der Waals surface area contributed by atoms with Gasteiger partial charge in [0.15, 0.2) is 5.82 Å². The molecule has 0 aliphatic rings. The van der Waals surface area contributed by atoms with E-state index in [1.807, 2.05) is 19.9 Å². The van der Waals surface area contributed by atoms with Gasteiger partial charge in [-0.25, -0.2) is 15.0 Å². The molecule has 0 radical (unpaired) electrons. The van der Waals surface area contributed by atoms with Gasteiger partial charge in [-0.05, 0) is 26.1 Å². The standard InChI is InChI=1S/C9H11N3/c1-4-7(2)8-5-11-6-12-9(8)10-3/h4-6H,3H2,1-2H3/b7-4-. The summed E-state index contributed by atoms with van der Waals surface area (Å²) in [6, 6.07) is 0. The maximum absolute atomic E-state index is 3.99. The van der Waals surface area contributed by atoms with Crippen molar-refractivity contribution in [2.45, 2.75) is 13.8 Å². The van der Waals surface area contributed by atoms with Crippen molar-refractivity contribution in [2.75, 3.05) is 0 Å². The average molecular weight is 161 g/mol. The second-order valence-electron chi connectivity index (χ2n) is 2.39. The van der Waals surface area contributed by atoms with Gasteiger partial charge in [0.1, 0.15) is 6.33 Å². The van der Waals surface area contributed by atoms with E-state index in [1.165, 1.54) is 6.33 Å². The molecule has 0 aliphatic carbocycles. The maximum atomic E-state index is 3.99. The smallest absolute Gasteiger partial charge is 0.162 e. The van der Waals surface area contributed by atoms with E-state index in [-0.39, 0.29) is 0 Å². The maximum Gasteiger partial charge on any atom is 0.162 e. The van der Waals surface area contributed by atoms with Crippen molar-refractivity contribution in [1.82, 2.24) is 9.97 Å². The van der Waals surface area contributed by atoms with E-state index in [1.54, 1.807) is 6.20 Å². The topological polar surface area (TPSA) is 38.1 Å². The quantitative estimate of drug-likeness (QED) is 0.624. The van der Waals surface area contributed by atoms with Crippen molar-refractivity contribution in [2.24, 2.45) is 4.99 Å². The summed E-state index contributed by atoms with van der Waals surface area (Å²) < 4.78 is 0. The van der Waals surface area contributed by atoms with Gasteiger partial charge >= 0.3 is 0 Å². The summed E-state index contributed by atoms with van der Waals surface area (Å²) >= 11 is 0. The van der Waals surface area contributed by atoms with E-state index < -0.39 is 0 Å². The molecule has 0 fully saturated rings. The first-order valence-electron chi connectivity index (χ1n) is 3.69. The Morgan fingerprint density at radius 3 is 3.00 bits per heavy atom. The van der Waals surface area contributed by atoms with E-state index in [9.17, 15) is 0 Å². The third-order valence-corrected chi connectivity index (χ3v) is 1.70. The summed E-state index contributed by atoms with van der Waals surface area (Å²) in [5.41, 5.74) is 2.05. The fourth-order valence-corrected chi connectivity index (χ4v) is 0.883. The molecule has 0 bridgehead atoms. The van der Waals surface area contributed by atoms with E-state index in [0.29, 0.717) is 5.82 Å². The van der Waals surface area contributed by atoms with E-state index in [4.69, 9.17) is 0 Å². The van der Waals surface area contributed by atoms with E-state index >= 15 is 0 Å². The molecule has 0 amide bonds. The Hall–Kier alpha value is -1.51. The van der Waals surface area contributed by atoms with Crippen LogP contribution in [0.3, 0.4) is 0 Å². The number of aromatic nitrogens is 2. The molecule has 3 heteroatoms. The minimum absolute atomic E-state index is 0.639. The Morgan fingerprint density at radius 2 is 2.42 bits per heavy atom. The van der Waals surface area contributed by atoms with Gasteiger partial charge in [-0.1, -0.05) is 6.08 Å². The number of hydrogen-bond acceptors (Lipinski definition) is 3. The van der Waals surface area contributed by atoms with Crippen LogP contribution in [0.5, 0.6) is 0 Å². The predicted octanol–water partition coefficient (Wildman–Crippen LogP) is 2.23. The van der Waals surface area contributed by atoms with Gasteiger partial charge < -0.3 is 0 Å². The molecule has 0 aliphatic heterocycles. The minimum Gasteiger partial charge on any atom is -0.244 e. The molecular formula is C9H11N3. The predicted molar refractivity (Wildman–Crippen MR) is 50.6 cm³/mol. The Bertz CT molecular complexity index is 315. The number of aliphatic imine (C=N–C) groups is 1. The molecule has 0 spiro atoms. The van der Waals surface area contributed by atoms with E-state index in [2.05, 4.69) is 21.7 Å². The molecule has 12 heavy (non-hydrogen) atoms. The van der Waals surface area contributed by atoms with Crippen molar-refractivity contribution in [3.05, 3.63) is 24.2 Å².